The fourth-order valence-corrected chi connectivity index (χ4v) is 18.9. The van der Waals surface area contributed by atoms with Crippen LogP contribution in [0, 0.1) is 58.7 Å². The lowest BCUT2D eigenvalue weighted by molar-refractivity contribution is -0.142. The maximum atomic E-state index is 13.4. The summed E-state index contributed by atoms with van der Waals surface area (Å²) in [6, 6.07) is 24.3. The number of carbonyl (C=O) groups excluding carboxylic acids is 7. The van der Waals surface area contributed by atoms with Gasteiger partial charge in [-0.15, -0.1) is 0 Å². The molecule has 25 heteroatoms. The molecule has 5 aromatic carbocycles. The van der Waals surface area contributed by atoms with Crippen molar-refractivity contribution in [3.05, 3.63) is 179 Å². The van der Waals surface area contributed by atoms with Gasteiger partial charge in [-0.25, -0.2) is 22.0 Å². The number of fused-ring (bicyclic) bond motifs is 5. The Morgan fingerprint density at radius 2 is 0.607 bits per heavy atom. The summed E-state index contributed by atoms with van der Waals surface area (Å²) >= 11 is 0. The van der Waals surface area contributed by atoms with E-state index < -0.39 is 6.61 Å². The van der Waals surface area contributed by atoms with Gasteiger partial charge in [-0.1, -0.05) is 27.7 Å². The van der Waals surface area contributed by atoms with Gasteiger partial charge in [-0.3, -0.25) is 33.6 Å². The number of piperidine rings is 6. The number of rotatable bonds is 12. The van der Waals surface area contributed by atoms with Crippen molar-refractivity contribution in [3.63, 3.8) is 0 Å². The largest absolute Gasteiger partial charge is 0.387 e. The number of nitrogens with one attached hydrogen (secondary N) is 5. The highest BCUT2D eigenvalue weighted by Gasteiger charge is 2.40. The monoisotopic (exact) mass is 1610 g/mol. The molecule has 18 rings (SSSR count). The van der Waals surface area contributed by atoms with E-state index in [9.17, 15) is 55.5 Å². The summed E-state index contributed by atoms with van der Waals surface area (Å²) in [7, 11) is 0. The van der Waals surface area contributed by atoms with Gasteiger partial charge in [0.15, 0.2) is 0 Å². The summed E-state index contributed by atoms with van der Waals surface area (Å²) in [5.41, 5.74) is 10.3. The lowest BCUT2D eigenvalue weighted by atomic mass is 9.87. The molecule has 8 fully saturated rings. The first-order valence-corrected chi connectivity index (χ1v) is 42.4. The molecular weight excluding hydrogens is 1500 g/mol. The molecule has 1 atom stereocenters. The van der Waals surface area contributed by atoms with Gasteiger partial charge in [-0.05, 0) is 245 Å². The Labute approximate surface area is 679 Å². The molecular formula is C92H111F5N12O8. The van der Waals surface area contributed by atoms with Crippen molar-refractivity contribution in [2.24, 2.45) is 29.6 Å². The second kappa shape index (κ2) is 37.1. The van der Waals surface area contributed by atoms with Gasteiger partial charge in [0, 0.05) is 207 Å². The van der Waals surface area contributed by atoms with Crippen molar-refractivity contribution in [3.8, 4) is 0 Å². The zero-order valence-corrected chi connectivity index (χ0v) is 67.9. The van der Waals surface area contributed by atoms with E-state index in [-0.39, 0.29) is 88.2 Å². The number of aromatic nitrogens is 5. The van der Waals surface area contributed by atoms with Crippen LogP contribution in [0.2, 0.25) is 0 Å². The molecule has 12 heterocycles. The topological polar surface area (TPSA) is 241 Å². The molecule has 0 radical (unpaired) electrons. The SMILES string of the molecule is CC(C)C(=O)N1CCC(C(=O)N2CCC(c3c[nH]c4cc(F)ccc34)CC2)CC1.CC(C)C(=O)N1CCC(c2c[nH]c3cc(F)ccc23)CC1.CCN1CC(C(=O)N2CCC(c3c[nH]c4cc(F)ccc34)CC2)CC1=O.O=C(C1CC1)N1CCC(c2c[nH]c3cc(F)ccc23)CC1.O=C(CO)N1CCC(c2c[nH]c3cc(F)ccc23)CC1. The van der Waals surface area contributed by atoms with Crippen LogP contribution in [0.25, 0.3) is 54.5 Å². The van der Waals surface area contributed by atoms with Crippen molar-refractivity contribution in [1.29, 1.82) is 0 Å². The first kappa shape index (κ1) is 83.2. The average molecular weight is 1610 g/mol. The van der Waals surface area contributed by atoms with Crippen LogP contribution in [0.1, 0.15) is 188 Å². The number of H-pyrrole nitrogens is 5. The van der Waals surface area contributed by atoms with Crippen molar-refractivity contribution in [2.75, 3.05) is 98.2 Å². The smallest absolute Gasteiger partial charge is 0.248 e. The zero-order valence-electron chi connectivity index (χ0n) is 67.9. The maximum Gasteiger partial charge on any atom is 0.248 e. The predicted octanol–water partition coefficient (Wildman–Crippen LogP) is 15.9. The number of halogens is 5. The number of likely N-dealkylation sites (tertiary alicyclic amines) is 7. The Hall–Kier alpha value is -10.3. The normalized spacial score (nSPS) is 19.1. The number of aliphatic hydroxyl groups is 1. The molecule has 20 nitrogen and oxygen atoms in total. The number of aliphatic hydroxyl groups excluding tert-OH is 1. The number of aromatic amines is 5. The molecule has 0 bridgehead atoms. The molecule has 6 N–H and O–H groups in total. The summed E-state index contributed by atoms with van der Waals surface area (Å²) in [6.45, 7) is 19.5. The van der Waals surface area contributed by atoms with Gasteiger partial charge in [0.2, 0.25) is 41.4 Å². The highest BCUT2D eigenvalue weighted by atomic mass is 19.1. The highest BCUT2D eigenvalue weighted by molar-refractivity contribution is 5.91. The van der Waals surface area contributed by atoms with Gasteiger partial charge in [0.25, 0.3) is 0 Å². The molecule has 7 aliphatic heterocycles. The van der Waals surface area contributed by atoms with E-state index in [1.54, 1.807) is 15.9 Å². The van der Waals surface area contributed by atoms with Gasteiger partial charge < -0.3 is 64.3 Å². The van der Waals surface area contributed by atoms with Crippen LogP contribution in [0.4, 0.5) is 22.0 Å². The number of hydrogen-bond donors (Lipinski definition) is 6. The number of hydrogen-bond acceptors (Lipinski definition) is 8. The van der Waals surface area contributed by atoms with Crippen LogP contribution in [-0.4, -0.2) is 204 Å². The third-order valence-electron chi connectivity index (χ3n) is 25.8. The standard InChI is InChI=1S/C23H30FN3O2.C20H24FN3O2.C17H19FN2O.C17H21FN2O.C15H17FN2O2/c1-15(2)22(28)26-11-7-17(8-12-26)23(29)27-9-5-16(6-10-27)20-14-25-21-13-18(24)3-4-19(20)21;1-2-23-12-14(9-19(23)25)20(26)24-7-5-13(6-8-24)17-11-22-18-10-15(21)3-4-16(17)18;18-13-3-4-14-15(10-19-16(14)9-13)11-5-7-20(8-6-11)17(21)12-1-2-12;1-11(2)17(21)20-7-5-12(6-8-20)15-10-19-16-9-13(18)3-4-14(15)16;16-11-1-2-12-13(8-17-14(12)7-11)10-3-5-18(6-4-10)15(20)9-19/h3-4,13-17,25H,5-12H2,1-2H3;3-4,10-11,13-14,22H,2,5-9,12H2,1H3;3-4,9-12,19H,1-2,5-8H2;3-4,9-12,19H,5-8H2,1-2H3;1-2,7-8,10,17,19H,3-6,9H2. The lowest BCUT2D eigenvalue weighted by Gasteiger charge is -2.37. The second-order valence-electron chi connectivity index (χ2n) is 33.9. The summed E-state index contributed by atoms with van der Waals surface area (Å²) in [4.78, 5) is 114. The van der Waals surface area contributed by atoms with Gasteiger partial charge in [0.1, 0.15) is 35.7 Å². The number of amides is 7. The number of benzene rings is 5. The zero-order chi connectivity index (χ0) is 82.3. The highest BCUT2D eigenvalue weighted by Crippen LogP contribution is 2.41. The Bertz CT molecular complexity index is 5060. The molecule has 10 aromatic rings. The second-order valence-corrected chi connectivity index (χ2v) is 33.9. The third-order valence-corrected chi connectivity index (χ3v) is 25.8. The Balaban J connectivity index is 0.000000121. The molecule has 622 valence electrons. The molecule has 0 spiro atoms. The molecule has 5 aromatic heterocycles. The minimum absolute atomic E-state index is 0.0160. The quantitative estimate of drug-likeness (QED) is 0.0641. The van der Waals surface area contributed by atoms with Crippen LogP contribution < -0.4 is 0 Å². The van der Waals surface area contributed by atoms with Crippen LogP contribution in [0.15, 0.2) is 122 Å². The fourth-order valence-electron chi connectivity index (χ4n) is 18.9. The number of carbonyl (C=O) groups is 7. The van der Waals surface area contributed by atoms with Crippen LogP contribution in [0.5, 0.6) is 0 Å². The molecule has 1 saturated carbocycles. The molecule has 8 aliphatic rings. The van der Waals surface area contributed by atoms with E-state index in [0.717, 1.165) is 184 Å². The molecule has 1 unspecified atom stereocenters. The van der Waals surface area contributed by atoms with Crippen LogP contribution in [0.3, 0.4) is 0 Å². The van der Waals surface area contributed by atoms with Gasteiger partial charge in [0.05, 0.1) is 5.92 Å². The lowest BCUT2D eigenvalue weighted by Crippen LogP contribution is -2.47. The van der Waals surface area contributed by atoms with Crippen molar-refractivity contribution in [1.82, 2.24) is 59.2 Å². The first-order chi connectivity index (χ1) is 56.5. The minimum atomic E-state index is -0.420. The Morgan fingerprint density at radius 1 is 0.359 bits per heavy atom. The van der Waals surface area contributed by atoms with Gasteiger partial charge in [-0.2, -0.15) is 0 Å². The predicted molar refractivity (Wildman–Crippen MR) is 443 cm³/mol. The molecule has 7 saturated heterocycles. The van der Waals surface area contributed by atoms with E-state index in [1.807, 2.05) is 120 Å². The third kappa shape index (κ3) is 19.3. The number of nitrogens with zero attached hydrogens (tertiary/aromatic N) is 7. The van der Waals surface area contributed by atoms with Crippen molar-refractivity contribution in [2.45, 2.75) is 161 Å². The van der Waals surface area contributed by atoms with E-state index in [0.29, 0.717) is 100 Å². The Morgan fingerprint density at radius 3 is 0.855 bits per heavy atom. The van der Waals surface area contributed by atoms with E-state index >= 15 is 0 Å². The Kier molecular flexibility index (Phi) is 26.4. The average Bonchev–Trinajstić information content (AvgIpc) is 1.67. The molecule has 1 aliphatic carbocycles. The fraction of sp³-hybridized carbons (Fsp3) is 0.489. The van der Waals surface area contributed by atoms with Crippen LogP contribution in [-0.2, 0) is 33.6 Å². The van der Waals surface area contributed by atoms with Gasteiger partial charge >= 0.3 is 0 Å². The summed E-state index contributed by atoms with van der Waals surface area (Å²) in [5, 5.41) is 14.3. The molecule has 117 heavy (non-hydrogen) atoms. The van der Waals surface area contributed by atoms with Crippen LogP contribution >= 0.6 is 0 Å². The summed E-state index contributed by atoms with van der Waals surface area (Å²) in [5.74, 6) is 2.22. The first-order valence-electron chi connectivity index (χ1n) is 42.4. The molecule has 7 amide bonds. The van der Waals surface area contributed by atoms with Crippen molar-refractivity contribution < 1.29 is 60.6 Å². The van der Waals surface area contributed by atoms with E-state index in [2.05, 4.69) is 24.9 Å². The summed E-state index contributed by atoms with van der Waals surface area (Å²) in [6.07, 6.45) is 23.3. The van der Waals surface area contributed by atoms with E-state index in [1.165, 1.54) is 82.4 Å². The summed E-state index contributed by atoms with van der Waals surface area (Å²) < 4.78 is 66.5. The van der Waals surface area contributed by atoms with Crippen molar-refractivity contribution >= 4 is 95.9 Å². The minimum Gasteiger partial charge on any atom is -0.387 e. The maximum absolute atomic E-state index is 13.4. The van der Waals surface area contributed by atoms with E-state index in [4.69, 9.17) is 5.11 Å².